The summed E-state index contributed by atoms with van der Waals surface area (Å²) in [7, 11) is 1.88. The van der Waals surface area contributed by atoms with E-state index in [1.807, 2.05) is 23.3 Å². The monoisotopic (exact) mass is 317 g/mol. The van der Waals surface area contributed by atoms with Gasteiger partial charge in [-0.15, -0.1) is 11.3 Å². The van der Waals surface area contributed by atoms with Crippen molar-refractivity contribution in [3.05, 3.63) is 40.1 Å². The summed E-state index contributed by atoms with van der Waals surface area (Å²) in [6, 6.07) is 2.20. The van der Waals surface area contributed by atoms with Crippen LogP contribution in [0.1, 0.15) is 33.8 Å². The molecule has 1 saturated heterocycles. The number of imidazole rings is 1. The number of ether oxygens (including phenoxy) is 1. The maximum Gasteiger partial charge on any atom is 0.274 e. The molecule has 0 aromatic carbocycles. The summed E-state index contributed by atoms with van der Waals surface area (Å²) in [4.78, 5) is 20.0. The Hall–Kier alpha value is -1.66. The van der Waals surface area contributed by atoms with Crippen LogP contribution < -0.4 is 0 Å². The number of thiophene rings is 1. The number of hydrogen-bond donors (Lipinski definition) is 0. The summed E-state index contributed by atoms with van der Waals surface area (Å²) in [5, 5.41) is 2.16. The minimum Gasteiger partial charge on any atom is -0.370 e. The molecule has 4 heterocycles. The van der Waals surface area contributed by atoms with E-state index < -0.39 is 0 Å². The predicted molar refractivity (Wildman–Crippen MR) is 84.0 cm³/mol. The number of rotatable bonds is 1. The first-order valence-electron chi connectivity index (χ1n) is 7.66. The first-order valence-corrected chi connectivity index (χ1v) is 8.54. The Balaban J connectivity index is 1.51. The van der Waals surface area contributed by atoms with Crippen molar-refractivity contribution >= 4 is 17.2 Å². The van der Waals surface area contributed by atoms with E-state index in [4.69, 9.17) is 4.74 Å². The highest BCUT2D eigenvalue weighted by Crippen LogP contribution is 2.43. The lowest BCUT2D eigenvalue weighted by Crippen LogP contribution is -2.48. The summed E-state index contributed by atoms with van der Waals surface area (Å²) in [5.41, 5.74) is 1.71. The molecule has 5 nitrogen and oxygen atoms in total. The van der Waals surface area contributed by atoms with Crippen molar-refractivity contribution in [2.24, 2.45) is 7.05 Å². The highest BCUT2D eigenvalue weighted by atomic mass is 32.1. The normalized spacial score (nSPS) is 20.1. The minimum absolute atomic E-state index is 0.0248. The lowest BCUT2D eigenvalue weighted by atomic mass is 9.82. The standard InChI is InChI=1S/C16H19N3O2S/c1-18-10-13(17-11-18)15(20)19-6-4-16(5-7-19)12-3-9-22-14(12)2-8-21-16/h3,9-11H,2,4-8H2,1H3. The van der Waals surface area contributed by atoms with Crippen molar-refractivity contribution in [2.75, 3.05) is 19.7 Å². The fourth-order valence-corrected chi connectivity index (χ4v) is 4.48. The maximum absolute atomic E-state index is 12.5. The molecule has 2 aliphatic rings. The van der Waals surface area contributed by atoms with Crippen LogP contribution in [0, 0.1) is 0 Å². The van der Waals surface area contributed by atoms with Crippen LogP contribution in [-0.2, 0) is 23.8 Å². The zero-order valence-corrected chi connectivity index (χ0v) is 13.4. The molecule has 116 valence electrons. The number of carbonyl (C=O) groups is 1. The zero-order valence-electron chi connectivity index (χ0n) is 12.6. The molecule has 0 unspecified atom stereocenters. The molecule has 0 saturated carbocycles. The van der Waals surface area contributed by atoms with Gasteiger partial charge in [-0.2, -0.15) is 0 Å². The Morgan fingerprint density at radius 2 is 2.23 bits per heavy atom. The second kappa shape index (κ2) is 5.21. The van der Waals surface area contributed by atoms with Crippen LogP contribution in [0.2, 0.25) is 0 Å². The predicted octanol–water partition coefficient (Wildman–Crippen LogP) is 2.19. The Labute approximate surface area is 133 Å². The third kappa shape index (κ3) is 2.18. The molecule has 0 aliphatic carbocycles. The van der Waals surface area contributed by atoms with Gasteiger partial charge < -0.3 is 14.2 Å². The molecule has 0 N–H and O–H groups in total. The fraction of sp³-hybridized carbons (Fsp3) is 0.500. The van der Waals surface area contributed by atoms with Gasteiger partial charge in [0.25, 0.3) is 5.91 Å². The van der Waals surface area contributed by atoms with Gasteiger partial charge in [-0.1, -0.05) is 0 Å². The summed E-state index contributed by atoms with van der Waals surface area (Å²) >= 11 is 1.83. The molecule has 0 radical (unpaired) electrons. The highest BCUT2D eigenvalue weighted by Gasteiger charge is 2.42. The molecule has 2 aliphatic heterocycles. The van der Waals surface area contributed by atoms with Crippen molar-refractivity contribution in [3.63, 3.8) is 0 Å². The van der Waals surface area contributed by atoms with Crippen molar-refractivity contribution in [3.8, 4) is 0 Å². The number of carbonyl (C=O) groups excluding carboxylic acids is 1. The smallest absolute Gasteiger partial charge is 0.274 e. The average molecular weight is 317 g/mol. The summed E-state index contributed by atoms with van der Waals surface area (Å²) in [5.74, 6) is 0.0248. The second-order valence-corrected chi connectivity index (χ2v) is 7.07. The van der Waals surface area contributed by atoms with Crippen LogP contribution >= 0.6 is 11.3 Å². The number of piperidine rings is 1. The van der Waals surface area contributed by atoms with E-state index in [1.165, 1.54) is 10.4 Å². The van der Waals surface area contributed by atoms with Gasteiger partial charge in [0.05, 0.1) is 18.5 Å². The van der Waals surface area contributed by atoms with Crippen molar-refractivity contribution in [2.45, 2.75) is 24.9 Å². The lowest BCUT2D eigenvalue weighted by Gasteiger charge is -2.43. The molecule has 1 fully saturated rings. The average Bonchev–Trinajstić information content (AvgIpc) is 3.17. The maximum atomic E-state index is 12.5. The van der Waals surface area contributed by atoms with Gasteiger partial charge in [0.2, 0.25) is 0 Å². The molecule has 6 heteroatoms. The van der Waals surface area contributed by atoms with E-state index in [1.54, 1.807) is 17.1 Å². The summed E-state index contributed by atoms with van der Waals surface area (Å²) in [6.45, 7) is 2.25. The number of likely N-dealkylation sites (tertiary alicyclic amines) is 1. The Kier molecular flexibility index (Phi) is 3.31. The van der Waals surface area contributed by atoms with E-state index >= 15 is 0 Å². The summed E-state index contributed by atoms with van der Waals surface area (Å²) < 4.78 is 7.98. The number of aryl methyl sites for hydroxylation is 1. The number of fused-ring (bicyclic) bond motifs is 2. The van der Waals surface area contributed by atoms with Crippen LogP contribution in [0.15, 0.2) is 24.0 Å². The highest BCUT2D eigenvalue weighted by molar-refractivity contribution is 7.10. The molecule has 4 rings (SSSR count). The molecule has 22 heavy (non-hydrogen) atoms. The van der Waals surface area contributed by atoms with E-state index in [0.29, 0.717) is 5.69 Å². The van der Waals surface area contributed by atoms with E-state index in [9.17, 15) is 4.79 Å². The van der Waals surface area contributed by atoms with Gasteiger partial charge in [0.1, 0.15) is 5.69 Å². The molecular formula is C16H19N3O2S. The topological polar surface area (TPSA) is 47.4 Å². The zero-order chi connectivity index (χ0) is 15.2. The number of aromatic nitrogens is 2. The molecule has 1 amide bonds. The van der Waals surface area contributed by atoms with Crippen LogP contribution in [0.4, 0.5) is 0 Å². The quantitative estimate of drug-likeness (QED) is 0.810. The van der Waals surface area contributed by atoms with Crippen molar-refractivity contribution in [1.29, 1.82) is 0 Å². The van der Waals surface area contributed by atoms with Crippen LogP contribution in [0.25, 0.3) is 0 Å². The van der Waals surface area contributed by atoms with E-state index in [-0.39, 0.29) is 11.5 Å². The van der Waals surface area contributed by atoms with Crippen LogP contribution in [0.5, 0.6) is 0 Å². The second-order valence-electron chi connectivity index (χ2n) is 6.07. The summed E-state index contributed by atoms with van der Waals surface area (Å²) in [6.07, 6.45) is 6.21. The molecule has 0 atom stereocenters. The van der Waals surface area contributed by atoms with Gasteiger partial charge in [-0.25, -0.2) is 4.98 Å². The van der Waals surface area contributed by atoms with Gasteiger partial charge in [0.15, 0.2) is 0 Å². The third-order valence-corrected chi connectivity index (χ3v) is 5.71. The van der Waals surface area contributed by atoms with Crippen LogP contribution in [-0.4, -0.2) is 40.1 Å². The number of amides is 1. The minimum atomic E-state index is -0.172. The molecule has 0 bridgehead atoms. The Bertz CT molecular complexity index is 698. The van der Waals surface area contributed by atoms with E-state index in [2.05, 4.69) is 16.4 Å². The Morgan fingerprint density at radius 3 is 2.95 bits per heavy atom. The number of hydrogen-bond acceptors (Lipinski definition) is 4. The SMILES string of the molecule is Cn1cnc(C(=O)N2CCC3(CC2)OCCc2sccc23)c1. The van der Waals surface area contributed by atoms with Gasteiger partial charge in [0, 0.05) is 37.6 Å². The molecule has 1 spiro atoms. The largest absolute Gasteiger partial charge is 0.370 e. The van der Waals surface area contributed by atoms with Gasteiger partial charge in [-0.05, 0) is 29.9 Å². The van der Waals surface area contributed by atoms with Crippen LogP contribution in [0.3, 0.4) is 0 Å². The van der Waals surface area contributed by atoms with Gasteiger partial charge in [-0.3, -0.25) is 4.79 Å². The first-order chi connectivity index (χ1) is 10.7. The van der Waals surface area contributed by atoms with Gasteiger partial charge >= 0.3 is 0 Å². The Morgan fingerprint density at radius 1 is 1.41 bits per heavy atom. The molecular weight excluding hydrogens is 298 g/mol. The number of nitrogens with zero attached hydrogens (tertiary/aromatic N) is 3. The molecule has 2 aromatic rings. The van der Waals surface area contributed by atoms with Crippen molar-refractivity contribution in [1.82, 2.24) is 14.5 Å². The lowest BCUT2D eigenvalue weighted by molar-refractivity contribution is -0.0926. The fourth-order valence-electron chi connectivity index (χ4n) is 3.53. The van der Waals surface area contributed by atoms with E-state index in [0.717, 1.165) is 39.0 Å². The first kappa shape index (κ1) is 14.0. The van der Waals surface area contributed by atoms with Crippen molar-refractivity contribution < 1.29 is 9.53 Å². The third-order valence-electron chi connectivity index (χ3n) is 4.73. The molecule has 2 aromatic heterocycles.